The topological polar surface area (TPSA) is 59.4 Å². The lowest BCUT2D eigenvalue weighted by Gasteiger charge is -2.09. The van der Waals surface area contributed by atoms with Crippen molar-refractivity contribution in [3.05, 3.63) is 58.9 Å². The Labute approximate surface area is 111 Å². The van der Waals surface area contributed by atoms with Gasteiger partial charge in [0.2, 0.25) is 0 Å². The van der Waals surface area contributed by atoms with Gasteiger partial charge in [0.25, 0.3) is 0 Å². The van der Waals surface area contributed by atoms with Crippen molar-refractivity contribution in [3.8, 4) is 5.75 Å². The molecule has 4 heteroatoms. The number of hydrogen-bond donors (Lipinski definition) is 1. The Hall–Kier alpha value is -2.36. The molecule has 0 unspecified atom stereocenters. The summed E-state index contributed by atoms with van der Waals surface area (Å²) in [6.07, 6.45) is 2.81. The van der Waals surface area contributed by atoms with Gasteiger partial charge in [-0.05, 0) is 31.0 Å². The van der Waals surface area contributed by atoms with E-state index in [9.17, 15) is 4.79 Å². The molecule has 1 aromatic carbocycles. The quantitative estimate of drug-likeness (QED) is 0.914. The molecule has 0 saturated heterocycles. The number of rotatable bonds is 4. The van der Waals surface area contributed by atoms with Gasteiger partial charge < -0.3 is 9.84 Å². The molecule has 0 amide bonds. The summed E-state index contributed by atoms with van der Waals surface area (Å²) in [5.41, 5.74) is 3.52. The van der Waals surface area contributed by atoms with Crippen LogP contribution in [0.2, 0.25) is 0 Å². The summed E-state index contributed by atoms with van der Waals surface area (Å²) < 4.78 is 5.59. The first-order chi connectivity index (χ1) is 9.06. The van der Waals surface area contributed by atoms with Gasteiger partial charge in [-0.3, -0.25) is 4.98 Å². The number of carbonyl (C=O) groups is 1. The molecule has 1 heterocycles. The van der Waals surface area contributed by atoms with Crippen LogP contribution in [-0.2, 0) is 6.61 Å². The highest BCUT2D eigenvalue weighted by Crippen LogP contribution is 2.16. The van der Waals surface area contributed by atoms with Gasteiger partial charge in [-0.15, -0.1) is 0 Å². The summed E-state index contributed by atoms with van der Waals surface area (Å²) in [5, 5.41) is 8.88. The average molecular weight is 257 g/mol. The van der Waals surface area contributed by atoms with E-state index in [1.54, 1.807) is 0 Å². The van der Waals surface area contributed by atoms with Gasteiger partial charge in [0.05, 0.1) is 11.8 Å². The van der Waals surface area contributed by atoms with Crippen LogP contribution in [0.5, 0.6) is 5.75 Å². The van der Waals surface area contributed by atoms with Crippen molar-refractivity contribution in [2.75, 3.05) is 0 Å². The molecule has 2 rings (SSSR count). The van der Waals surface area contributed by atoms with E-state index >= 15 is 0 Å². The van der Waals surface area contributed by atoms with Crippen LogP contribution >= 0.6 is 0 Å². The second-order valence-electron chi connectivity index (χ2n) is 4.43. The van der Waals surface area contributed by atoms with Crippen molar-refractivity contribution in [1.82, 2.24) is 4.98 Å². The highest BCUT2D eigenvalue weighted by atomic mass is 16.5. The van der Waals surface area contributed by atoms with Gasteiger partial charge in [0.15, 0.2) is 0 Å². The molecule has 0 fully saturated rings. The average Bonchev–Trinajstić information content (AvgIpc) is 2.40. The fraction of sp³-hybridized carbons (Fsp3) is 0.200. The van der Waals surface area contributed by atoms with Crippen LogP contribution in [0.25, 0.3) is 0 Å². The second kappa shape index (κ2) is 5.52. The van der Waals surface area contributed by atoms with Crippen molar-refractivity contribution < 1.29 is 14.6 Å². The molecule has 19 heavy (non-hydrogen) atoms. The number of aromatic nitrogens is 1. The predicted octanol–water partition coefficient (Wildman–Crippen LogP) is 2.98. The van der Waals surface area contributed by atoms with E-state index in [-0.39, 0.29) is 5.56 Å². The zero-order chi connectivity index (χ0) is 13.8. The Balaban J connectivity index is 2.12. The molecule has 1 N–H and O–H groups in total. The maximum atomic E-state index is 10.8. The first-order valence-electron chi connectivity index (χ1n) is 5.93. The van der Waals surface area contributed by atoms with Gasteiger partial charge in [-0.1, -0.05) is 23.8 Å². The lowest BCUT2D eigenvalue weighted by Crippen LogP contribution is -2.01. The summed E-state index contributed by atoms with van der Waals surface area (Å²) >= 11 is 0. The van der Waals surface area contributed by atoms with Crippen molar-refractivity contribution in [3.63, 3.8) is 0 Å². The monoisotopic (exact) mass is 257 g/mol. The summed E-state index contributed by atoms with van der Waals surface area (Å²) in [4.78, 5) is 14.7. The number of carboxylic acid groups (broad SMARTS) is 1. The normalized spacial score (nSPS) is 10.2. The molecule has 0 spiro atoms. The maximum absolute atomic E-state index is 10.8. The standard InChI is InChI=1S/C15H15NO3/c1-10-3-4-11(2)13(5-10)9-19-14-6-12(15(17)18)7-16-8-14/h3-8H,9H2,1-2H3,(H,17,18). The first kappa shape index (κ1) is 13.1. The van der Waals surface area contributed by atoms with Crippen molar-refractivity contribution in [2.45, 2.75) is 20.5 Å². The van der Waals surface area contributed by atoms with E-state index in [4.69, 9.17) is 9.84 Å². The lowest BCUT2D eigenvalue weighted by atomic mass is 10.1. The van der Waals surface area contributed by atoms with E-state index < -0.39 is 5.97 Å². The minimum atomic E-state index is -1.01. The van der Waals surface area contributed by atoms with Gasteiger partial charge in [0, 0.05) is 6.20 Å². The number of nitrogens with zero attached hydrogens (tertiary/aromatic N) is 1. The number of aromatic carboxylic acids is 1. The summed E-state index contributed by atoms with van der Waals surface area (Å²) in [5.74, 6) is -0.550. The third-order valence-corrected chi connectivity index (χ3v) is 2.86. The van der Waals surface area contributed by atoms with E-state index in [1.165, 1.54) is 24.0 Å². The summed E-state index contributed by atoms with van der Waals surface area (Å²) in [7, 11) is 0. The molecule has 0 radical (unpaired) electrons. The highest BCUT2D eigenvalue weighted by molar-refractivity contribution is 5.87. The van der Waals surface area contributed by atoms with Crippen LogP contribution in [0.3, 0.4) is 0 Å². The van der Waals surface area contributed by atoms with Crippen molar-refractivity contribution >= 4 is 5.97 Å². The predicted molar refractivity (Wildman–Crippen MR) is 71.4 cm³/mol. The fourth-order valence-corrected chi connectivity index (χ4v) is 1.73. The van der Waals surface area contributed by atoms with Gasteiger partial charge in [-0.2, -0.15) is 0 Å². The third kappa shape index (κ3) is 3.31. The number of aryl methyl sites for hydroxylation is 2. The van der Waals surface area contributed by atoms with Crippen LogP contribution in [0.1, 0.15) is 27.0 Å². The van der Waals surface area contributed by atoms with E-state index in [2.05, 4.69) is 11.1 Å². The van der Waals surface area contributed by atoms with Crippen LogP contribution in [0, 0.1) is 13.8 Å². The third-order valence-electron chi connectivity index (χ3n) is 2.86. The summed E-state index contributed by atoms with van der Waals surface area (Å²) in [6, 6.07) is 7.62. The van der Waals surface area contributed by atoms with Crippen LogP contribution < -0.4 is 4.74 Å². The largest absolute Gasteiger partial charge is 0.487 e. The van der Waals surface area contributed by atoms with E-state index in [0.29, 0.717) is 12.4 Å². The number of carboxylic acids is 1. The van der Waals surface area contributed by atoms with Crippen LogP contribution in [0.4, 0.5) is 0 Å². The zero-order valence-electron chi connectivity index (χ0n) is 10.9. The van der Waals surface area contributed by atoms with Crippen molar-refractivity contribution in [2.24, 2.45) is 0 Å². The first-order valence-corrected chi connectivity index (χ1v) is 5.93. The Bertz CT molecular complexity index is 608. The minimum Gasteiger partial charge on any atom is -0.487 e. The Morgan fingerprint density at radius 3 is 2.79 bits per heavy atom. The minimum absolute atomic E-state index is 0.124. The molecule has 98 valence electrons. The molecule has 0 aliphatic carbocycles. The Morgan fingerprint density at radius 2 is 2.05 bits per heavy atom. The van der Waals surface area contributed by atoms with Gasteiger partial charge in [-0.25, -0.2) is 4.79 Å². The molecule has 0 atom stereocenters. The van der Waals surface area contributed by atoms with Crippen LogP contribution in [0.15, 0.2) is 36.7 Å². The number of ether oxygens (including phenoxy) is 1. The fourth-order valence-electron chi connectivity index (χ4n) is 1.73. The maximum Gasteiger partial charge on any atom is 0.337 e. The SMILES string of the molecule is Cc1ccc(C)c(COc2cncc(C(=O)O)c2)c1. The molecular weight excluding hydrogens is 242 g/mol. The molecular formula is C15H15NO3. The van der Waals surface area contributed by atoms with Gasteiger partial charge in [0.1, 0.15) is 12.4 Å². The molecule has 2 aromatic rings. The number of pyridine rings is 1. The number of benzene rings is 1. The molecule has 0 aliphatic heterocycles. The van der Waals surface area contributed by atoms with E-state index in [1.807, 2.05) is 26.0 Å². The molecule has 1 aromatic heterocycles. The lowest BCUT2D eigenvalue weighted by molar-refractivity contribution is 0.0696. The van der Waals surface area contributed by atoms with Crippen molar-refractivity contribution in [1.29, 1.82) is 0 Å². The smallest absolute Gasteiger partial charge is 0.337 e. The van der Waals surface area contributed by atoms with Gasteiger partial charge >= 0.3 is 5.97 Å². The molecule has 4 nitrogen and oxygen atoms in total. The summed E-state index contributed by atoms with van der Waals surface area (Å²) in [6.45, 7) is 4.44. The highest BCUT2D eigenvalue weighted by Gasteiger charge is 2.06. The second-order valence-corrected chi connectivity index (χ2v) is 4.43. The molecule has 0 bridgehead atoms. The zero-order valence-corrected chi connectivity index (χ0v) is 10.9. The number of hydrogen-bond acceptors (Lipinski definition) is 3. The molecule has 0 aliphatic rings. The Morgan fingerprint density at radius 1 is 1.26 bits per heavy atom. The molecule has 0 saturated carbocycles. The van der Waals surface area contributed by atoms with E-state index in [0.717, 1.165) is 11.1 Å². The van der Waals surface area contributed by atoms with Crippen LogP contribution in [-0.4, -0.2) is 16.1 Å². The Kier molecular flexibility index (Phi) is 3.80.